The summed E-state index contributed by atoms with van der Waals surface area (Å²) < 4.78 is 23.2. The average Bonchev–Trinajstić information content (AvgIpc) is 3.30. The van der Waals surface area contributed by atoms with Crippen molar-refractivity contribution in [2.45, 2.75) is 219 Å². The van der Waals surface area contributed by atoms with Crippen molar-refractivity contribution in [1.82, 2.24) is 5.32 Å². The Balaban J connectivity index is 3.94. The van der Waals surface area contributed by atoms with Gasteiger partial charge in [0, 0.05) is 6.42 Å². The highest BCUT2D eigenvalue weighted by Gasteiger charge is 2.23. The van der Waals surface area contributed by atoms with Crippen LogP contribution < -0.4 is 10.2 Å². The van der Waals surface area contributed by atoms with E-state index in [2.05, 4.69) is 103 Å². The zero-order valence-corrected chi connectivity index (χ0v) is 45.2. The van der Waals surface area contributed by atoms with Crippen molar-refractivity contribution in [2.24, 2.45) is 0 Å². The topological polar surface area (TPSA) is 108 Å². The molecule has 0 aliphatic heterocycles. The molecule has 68 heavy (non-hydrogen) atoms. The summed E-state index contributed by atoms with van der Waals surface area (Å²) in [5, 5.41) is 13.7. The van der Waals surface area contributed by atoms with Crippen molar-refractivity contribution in [1.29, 1.82) is 0 Å². The molecule has 0 aromatic rings. The highest BCUT2D eigenvalue weighted by atomic mass is 31.2. The number of likely N-dealkylation sites (N-methyl/N-ethyl adjacent to an activating group) is 1. The molecule has 0 aromatic carbocycles. The molecule has 0 saturated heterocycles. The standard InChI is InChI=1S/C59H103N2O6P/c1-6-8-10-12-14-16-17-18-19-20-21-22-23-24-25-26-27-28-29-30-31-32-33-34-35-36-37-38-39-40-41-42-43-45-47-49-51-53-59(63)60-57(56-67-68(64,65)66-55-54-61(3,4)5)58(62)52-50-48-46-44-15-13-11-9-7-2/h7-10,14-16,18-19,21-22,24-25,27-28,44,50,52,57-58,62H,6,11-13,17,20,23,26,29-43,45-49,51,53-56H2,1-5H3,(H-,60,63,64,65)/b9-7+,10-8-,16-14-,19-18-,22-21-,25-24-,28-27-,44-15+,52-50+. The SMILES string of the molecule is C/C=C/CC/C=C/CC/C=C/C(O)C(COP(=O)([O-])OCC[N+](C)(C)C)NC(=O)CCCCCCCCCCCCCCCCCCCC/C=C\C/C=C\C/C=C\C/C=C\C/C=C\C/C=C\CC. The van der Waals surface area contributed by atoms with E-state index in [9.17, 15) is 19.4 Å². The molecular formula is C59H103N2O6P. The highest BCUT2D eigenvalue weighted by molar-refractivity contribution is 7.45. The minimum Gasteiger partial charge on any atom is -0.756 e. The van der Waals surface area contributed by atoms with Crippen LogP contribution in [0.2, 0.25) is 0 Å². The normalized spacial score (nSPS) is 14.9. The maximum Gasteiger partial charge on any atom is 0.268 e. The molecule has 0 aliphatic rings. The molecule has 0 spiro atoms. The van der Waals surface area contributed by atoms with Gasteiger partial charge in [-0.15, -0.1) is 0 Å². The van der Waals surface area contributed by atoms with Crippen molar-refractivity contribution in [3.63, 3.8) is 0 Å². The van der Waals surface area contributed by atoms with Gasteiger partial charge in [0.15, 0.2) is 0 Å². The van der Waals surface area contributed by atoms with Gasteiger partial charge in [0.05, 0.1) is 39.9 Å². The van der Waals surface area contributed by atoms with Gasteiger partial charge in [0.25, 0.3) is 7.82 Å². The number of aliphatic hydroxyl groups is 1. The van der Waals surface area contributed by atoms with Crippen molar-refractivity contribution in [3.8, 4) is 0 Å². The van der Waals surface area contributed by atoms with Gasteiger partial charge < -0.3 is 28.8 Å². The number of hydrogen-bond donors (Lipinski definition) is 2. The Bertz CT molecular complexity index is 1470. The summed E-state index contributed by atoms with van der Waals surface area (Å²) in [4.78, 5) is 25.3. The van der Waals surface area contributed by atoms with Crippen molar-refractivity contribution >= 4 is 13.7 Å². The van der Waals surface area contributed by atoms with E-state index >= 15 is 0 Å². The second-order valence-corrected chi connectivity index (χ2v) is 20.6. The van der Waals surface area contributed by atoms with Crippen molar-refractivity contribution in [2.75, 3.05) is 40.9 Å². The molecule has 9 heteroatoms. The predicted octanol–water partition coefficient (Wildman–Crippen LogP) is 15.8. The summed E-state index contributed by atoms with van der Waals surface area (Å²) in [6.45, 7) is 4.25. The van der Waals surface area contributed by atoms with Gasteiger partial charge in [0.1, 0.15) is 13.2 Å². The first-order valence-electron chi connectivity index (χ1n) is 27.2. The van der Waals surface area contributed by atoms with Gasteiger partial charge in [0.2, 0.25) is 5.91 Å². The summed E-state index contributed by atoms with van der Waals surface area (Å²) in [7, 11) is 1.22. The summed E-state index contributed by atoms with van der Waals surface area (Å²) in [5.74, 6) is -0.217. The Morgan fingerprint density at radius 1 is 0.544 bits per heavy atom. The molecule has 0 radical (unpaired) electrons. The van der Waals surface area contributed by atoms with Crippen LogP contribution in [0.15, 0.2) is 109 Å². The number of allylic oxidation sites excluding steroid dienone is 17. The maximum absolute atomic E-state index is 12.9. The van der Waals surface area contributed by atoms with Crippen molar-refractivity contribution < 1.29 is 32.9 Å². The first-order valence-corrected chi connectivity index (χ1v) is 28.7. The first-order chi connectivity index (χ1) is 33.0. The molecule has 0 aliphatic carbocycles. The Hall–Kier alpha value is -2.84. The smallest absolute Gasteiger partial charge is 0.268 e. The van der Waals surface area contributed by atoms with E-state index in [-0.39, 0.29) is 12.5 Å². The maximum atomic E-state index is 12.9. The predicted molar refractivity (Wildman–Crippen MR) is 292 cm³/mol. The van der Waals surface area contributed by atoms with E-state index in [0.717, 1.165) is 83.5 Å². The molecule has 0 rings (SSSR count). The summed E-state index contributed by atoms with van der Waals surface area (Å²) >= 11 is 0. The van der Waals surface area contributed by atoms with Gasteiger partial charge in [-0.25, -0.2) is 0 Å². The van der Waals surface area contributed by atoms with Crippen LogP contribution >= 0.6 is 7.82 Å². The molecule has 0 aromatic heterocycles. The van der Waals surface area contributed by atoms with Gasteiger partial charge in [-0.05, 0) is 90.4 Å². The number of carbonyl (C=O) groups is 1. The van der Waals surface area contributed by atoms with Crippen LogP contribution in [-0.4, -0.2) is 68.5 Å². The summed E-state index contributed by atoms with van der Waals surface area (Å²) in [6, 6.07) is -0.912. The average molecular weight is 967 g/mol. The molecule has 1 amide bonds. The van der Waals surface area contributed by atoms with E-state index in [0.29, 0.717) is 17.4 Å². The summed E-state index contributed by atoms with van der Waals surface area (Å²) in [6.07, 6.45) is 72.1. The van der Waals surface area contributed by atoms with E-state index in [1.165, 1.54) is 103 Å². The number of quaternary nitrogens is 1. The molecule has 8 nitrogen and oxygen atoms in total. The van der Waals surface area contributed by atoms with E-state index in [1.54, 1.807) is 6.08 Å². The second-order valence-electron chi connectivity index (χ2n) is 19.2. The van der Waals surface area contributed by atoms with Crippen LogP contribution in [0.5, 0.6) is 0 Å². The fraction of sp³-hybridized carbons (Fsp3) is 0.678. The zero-order chi connectivity index (χ0) is 49.9. The third kappa shape index (κ3) is 51.0. The first kappa shape index (κ1) is 65.2. The fourth-order valence-corrected chi connectivity index (χ4v) is 8.04. The molecule has 0 saturated carbocycles. The quantitative estimate of drug-likeness (QED) is 0.0272. The lowest BCUT2D eigenvalue weighted by Gasteiger charge is -2.29. The number of unbranched alkanes of at least 4 members (excludes halogenated alkanes) is 20. The fourth-order valence-electron chi connectivity index (χ4n) is 7.31. The number of aliphatic hydroxyl groups excluding tert-OH is 1. The molecule has 2 N–H and O–H groups in total. The third-order valence-electron chi connectivity index (χ3n) is 11.5. The minimum absolute atomic E-state index is 0.0128. The summed E-state index contributed by atoms with van der Waals surface area (Å²) in [5.41, 5.74) is 0. The third-order valence-corrected chi connectivity index (χ3v) is 12.5. The highest BCUT2D eigenvalue weighted by Crippen LogP contribution is 2.38. The van der Waals surface area contributed by atoms with Crippen LogP contribution in [0.25, 0.3) is 0 Å². The van der Waals surface area contributed by atoms with E-state index in [1.807, 2.05) is 40.2 Å². The lowest BCUT2D eigenvalue weighted by Crippen LogP contribution is -2.45. The van der Waals surface area contributed by atoms with Crippen LogP contribution in [-0.2, 0) is 18.4 Å². The molecule has 3 atom stereocenters. The zero-order valence-electron chi connectivity index (χ0n) is 44.3. The Labute approximate surface area is 419 Å². The van der Waals surface area contributed by atoms with Gasteiger partial charge >= 0.3 is 0 Å². The Morgan fingerprint density at radius 3 is 1.37 bits per heavy atom. The minimum atomic E-state index is -4.60. The molecule has 3 unspecified atom stereocenters. The number of nitrogens with one attached hydrogen (secondary N) is 1. The Morgan fingerprint density at radius 2 is 0.926 bits per heavy atom. The van der Waals surface area contributed by atoms with Gasteiger partial charge in [-0.1, -0.05) is 219 Å². The number of phosphoric ester groups is 1. The van der Waals surface area contributed by atoms with Gasteiger partial charge in [-0.2, -0.15) is 0 Å². The molecule has 0 fully saturated rings. The number of amides is 1. The van der Waals surface area contributed by atoms with Crippen molar-refractivity contribution in [3.05, 3.63) is 109 Å². The number of rotatable bonds is 48. The van der Waals surface area contributed by atoms with Crippen LogP contribution in [0.1, 0.15) is 206 Å². The number of hydrogen-bond acceptors (Lipinski definition) is 6. The lowest BCUT2D eigenvalue weighted by atomic mass is 10.0. The molecular weight excluding hydrogens is 864 g/mol. The molecule has 0 bridgehead atoms. The van der Waals surface area contributed by atoms with E-state index in [4.69, 9.17) is 9.05 Å². The number of phosphoric acid groups is 1. The van der Waals surface area contributed by atoms with Gasteiger partial charge in [-0.3, -0.25) is 9.36 Å². The molecule has 390 valence electrons. The van der Waals surface area contributed by atoms with Crippen LogP contribution in [0, 0.1) is 0 Å². The monoisotopic (exact) mass is 967 g/mol. The lowest BCUT2D eigenvalue weighted by molar-refractivity contribution is -0.870. The molecule has 0 heterocycles. The number of carbonyl (C=O) groups excluding carboxylic acids is 1. The Kier molecular flexibility index (Phi) is 47.1. The van der Waals surface area contributed by atoms with E-state index < -0.39 is 26.6 Å². The van der Waals surface area contributed by atoms with Crippen LogP contribution in [0.4, 0.5) is 0 Å². The number of nitrogens with zero attached hydrogens (tertiary/aromatic N) is 1. The largest absolute Gasteiger partial charge is 0.756 e. The van der Waals surface area contributed by atoms with Crippen LogP contribution in [0.3, 0.4) is 0 Å². The second kappa shape index (κ2) is 49.2.